The summed E-state index contributed by atoms with van der Waals surface area (Å²) >= 11 is 17.6. The summed E-state index contributed by atoms with van der Waals surface area (Å²) in [5.41, 5.74) is 0.217. The lowest BCUT2D eigenvalue weighted by Gasteiger charge is -2.11. The summed E-state index contributed by atoms with van der Waals surface area (Å²) in [5.74, 6) is -2.11. The first-order chi connectivity index (χ1) is 12.5. The summed E-state index contributed by atoms with van der Waals surface area (Å²) in [6.45, 7) is 1.07. The first-order valence-electron chi connectivity index (χ1n) is 7.24. The molecule has 0 heterocycles. The van der Waals surface area contributed by atoms with Crippen LogP contribution in [-0.4, -0.2) is 25.1 Å². The molecule has 142 valence electrons. The van der Waals surface area contributed by atoms with E-state index in [0.29, 0.717) is 0 Å². The van der Waals surface area contributed by atoms with E-state index in [2.05, 4.69) is 4.72 Å². The number of sulfonamides is 1. The van der Waals surface area contributed by atoms with Crippen LogP contribution in [-0.2, 0) is 19.6 Å². The number of rotatable bonds is 6. The number of carbonyl (C=O) groups is 2. The molecule has 6 nitrogen and oxygen atoms in total. The van der Waals surface area contributed by atoms with Gasteiger partial charge in [-0.05, 0) is 24.3 Å². The van der Waals surface area contributed by atoms with Gasteiger partial charge in [0.05, 0.1) is 15.1 Å². The highest BCUT2D eigenvalue weighted by Crippen LogP contribution is 2.32. The van der Waals surface area contributed by atoms with Crippen LogP contribution in [0.2, 0.25) is 15.1 Å². The van der Waals surface area contributed by atoms with Crippen molar-refractivity contribution in [1.82, 2.24) is 0 Å². The highest BCUT2D eigenvalue weighted by atomic mass is 35.5. The van der Waals surface area contributed by atoms with Gasteiger partial charge in [-0.3, -0.25) is 14.3 Å². The van der Waals surface area contributed by atoms with Gasteiger partial charge in [0.1, 0.15) is 10.7 Å². The third kappa shape index (κ3) is 5.23. The van der Waals surface area contributed by atoms with E-state index < -0.39 is 27.3 Å². The zero-order valence-corrected chi connectivity index (χ0v) is 16.7. The standard InChI is InChI=1S/C17H12Cl3NO5S/c1-9(22)15(23)8-16(24)10-3-2-4-11(5-10)21-27(25,26)17-7-13(19)12(18)6-14(17)20/h2-8,21,24H,1H3. The fraction of sp³-hybridized carbons (Fsp3) is 0.0588. The number of benzene rings is 2. The normalized spacial score (nSPS) is 11.9. The predicted octanol–water partition coefficient (Wildman–Crippen LogP) is 4.50. The molecule has 27 heavy (non-hydrogen) atoms. The van der Waals surface area contributed by atoms with Gasteiger partial charge in [0.25, 0.3) is 10.0 Å². The van der Waals surface area contributed by atoms with Crippen molar-refractivity contribution >= 4 is 67.8 Å². The summed E-state index contributed by atoms with van der Waals surface area (Å²) in [7, 11) is -4.11. The van der Waals surface area contributed by atoms with Crippen LogP contribution in [0, 0.1) is 0 Å². The van der Waals surface area contributed by atoms with Gasteiger partial charge in [-0.15, -0.1) is 0 Å². The van der Waals surface area contributed by atoms with Gasteiger partial charge in [0.2, 0.25) is 5.78 Å². The molecule has 0 aliphatic rings. The first-order valence-corrected chi connectivity index (χ1v) is 9.86. The van der Waals surface area contributed by atoms with E-state index in [-0.39, 0.29) is 31.2 Å². The molecule has 2 aromatic carbocycles. The van der Waals surface area contributed by atoms with Crippen LogP contribution in [0.25, 0.3) is 5.76 Å². The molecule has 0 saturated carbocycles. The number of nitrogens with one attached hydrogen (secondary N) is 1. The Bertz CT molecular complexity index is 1060. The van der Waals surface area contributed by atoms with E-state index in [1.165, 1.54) is 30.3 Å². The molecule has 0 saturated heterocycles. The zero-order valence-electron chi connectivity index (χ0n) is 13.7. The molecule has 0 aliphatic carbocycles. The van der Waals surface area contributed by atoms with Crippen LogP contribution in [0.1, 0.15) is 12.5 Å². The average Bonchev–Trinajstić information content (AvgIpc) is 2.57. The Morgan fingerprint density at radius 1 is 1.04 bits per heavy atom. The van der Waals surface area contributed by atoms with Crippen molar-refractivity contribution < 1.29 is 23.1 Å². The van der Waals surface area contributed by atoms with E-state index in [0.717, 1.165) is 19.1 Å². The Morgan fingerprint density at radius 3 is 2.30 bits per heavy atom. The van der Waals surface area contributed by atoms with E-state index >= 15 is 0 Å². The Morgan fingerprint density at radius 2 is 1.67 bits per heavy atom. The van der Waals surface area contributed by atoms with Gasteiger partial charge < -0.3 is 5.11 Å². The molecule has 0 bridgehead atoms. The topological polar surface area (TPSA) is 101 Å². The summed E-state index contributed by atoms with van der Waals surface area (Å²) < 4.78 is 27.4. The molecular weight excluding hydrogens is 437 g/mol. The molecule has 2 aromatic rings. The molecule has 0 spiro atoms. The van der Waals surface area contributed by atoms with Crippen LogP contribution in [0.5, 0.6) is 0 Å². The van der Waals surface area contributed by atoms with E-state index in [9.17, 15) is 23.1 Å². The number of halogens is 3. The summed E-state index contributed by atoms with van der Waals surface area (Å²) in [6, 6.07) is 7.91. The molecule has 10 heteroatoms. The molecular formula is C17H12Cl3NO5S. The minimum absolute atomic E-state index is 0.0125. The lowest BCUT2D eigenvalue weighted by atomic mass is 10.1. The molecule has 2 rings (SSSR count). The molecule has 0 unspecified atom stereocenters. The molecule has 0 amide bonds. The van der Waals surface area contributed by atoms with Gasteiger partial charge in [-0.25, -0.2) is 8.42 Å². The van der Waals surface area contributed by atoms with E-state index in [4.69, 9.17) is 34.8 Å². The van der Waals surface area contributed by atoms with Gasteiger partial charge in [-0.2, -0.15) is 0 Å². The molecule has 0 aliphatic heterocycles. The highest BCUT2D eigenvalue weighted by molar-refractivity contribution is 7.92. The number of carbonyl (C=O) groups excluding carboxylic acids is 2. The number of aliphatic hydroxyl groups excluding tert-OH is 1. The van der Waals surface area contributed by atoms with Gasteiger partial charge >= 0.3 is 0 Å². The quantitative estimate of drug-likeness (QED) is 0.293. The van der Waals surface area contributed by atoms with Crippen LogP contribution >= 0.6 is 34.8 Å². The Labute approximate surface area is 170 Å². The Hall–Kier alpha value is -2.06. The second-order valence-corrected chi connectivity index (χ2v) is 8.21. The number of hydrogen-bond donors (Lipinski definition) is 2. The zero-order chi connectivity index (χ0) is 20.4. The predicted molar refractivity (Wildman–Crippen MR) is 105 cm³/mol. The van der Waals surface area contributed by atoms with Crippen LogP contribution in [0.15, 0.2) is 47.4 Å². The van der Waals surface area contributed by atoms with Crippen molar-refractivity contribution in [2.45, 2.75) is 11.8 Å². The second-order valence-electron chi connectivity index (χ2n) is 5.33. The van der Waals surface area contributed by atoms with Crippen molar-refractivity contribution in [1.29, 1.82) is 0 Å². The molecule has 0 radical (unpaired) electrons. The highest BCUT2D eigenvalue weighted by Gasteiger charge is 2.20. The van der Waals surface area contributed by atoms with Crippen molar-refractivity contribution in [3.8, 4) is 0 Å². The third-order valence-corrected chi connectivity index (χ3v) is 5.86. The SMILES string of the molecule is CC(=O)C(=O)C=C(O)c1cccc(NS(=O)(=O)c2cc(Cl)c(Cl)cc2Cl)c1. The third-order valence-electron chi connectivity index (χ3n) is 3.29. The summed E-state index contributed by atoms with van der Waals surface area (Å²) in [6.07, 6.45) is 0.756. The van der Waals surface area contributed by atoms with E-state index in [1.807, 2.05) is 0 Å². The Balaban J connectivity index is 2.37. The maximum absolute atomic E-state index is 12.6. The number of anilines is 1. The number of hydrogen-bond acceptors (Lipinski definition) is 5. The van der Waals surface area contributed by atoms with Crippen molar-refractivity contribution in [3.05, 3.63) is 63.1 Å². The first kappa shape index (κ1) is 21.2. The number of aliphatic hydroxyl groups is 1. The molecule has 0 fully saturated rings. The number of Topliss-reactive ketones (excluding diaryl/α,β-unsaturated/α-hetero) is 1. The fourth-order valence-electron chi connectivity index (χ4n) is 1.97. The monoisotopic (exact) mass is 447 g/mol. The minimum atomic E-state index is -4.11. The maximum Gasteiger partial charge on any atom is 0.263 e. The Kier molecular flexibility index (Phi) is 6.54. The van der Waals surface area contributed by atoms with Crippen LogP contribution in [0.4, 0.5) is 5.69 Å². The van der Waals surface area contributed by atoms with E-state index in [1.54, 1.807) is 0 Å². The lowest BCUT2D eigenvalue weighted by Crippen LogP contribution is -2.13. The summed E-state index contributed by atoms with van der Waals surface area (Å²) in [4.78, 5) is 22.1. The molecule has 0 aromatic heterocycles. The number of allylic oxidation sites excluding steroid dienone is 1. The van der Waals surface area contributed by atoms with Crippen molar-refractivity contribution in [3.63, 3.8) is 0 Å². The lowest BCUT2D eigenvalue weighted by molar-refractivity contribution is -0.132. The smallest absolute Gasteiger partial charge is 0.263 e. The van der Waals surface area contributed by atoms with Crippen LogP contribution in [0.3, 0.4) is 0 Å². The maximum atomic E-state index is 12.6. The minimum Gasteiger partial charge on any atom is -0.507 e. The number of ketones is 2. The van der Waals surface area contributed by atoms with Gasteiger partial charge in [-0.1, -0.05) is 46.9 Å². The van der Waals surface area contributed by atoms with Gasteiger partial charge in [0.15, 0.2) is 5.78 Å². The van der Waals surface area contributed by atoms with Gasteiger partial charge in [0, 0.05) is 24.3 Å². The second kappa shape index (κ2) is 8.31. The summed E-state index contributed by atoms with van der Waals surface area (Å²) in [5, 5.41) is 9.94. The van der Waals surface area contributed by atoms with Crippen molar-refractivity contribution in [2.24, 2.45) is 0 Å². The largest absolute Gasteiger partial charge is 0.507 e. The van der Waals surface area contributed by atoms with Crippen molar-refractivity contribution in [2.75, 3.05) is 4.72 Å². The molecule has 0 atom stereocenters. The van der Waals surface area contributed by atoms with Crippen LogP contribution < -0.4 is 4.72 Å². The molecule has 2 N–H and O–H groups in total. The fourth-order valence-corrected chi connectivity index (χ4v) is 4.02. The average molecular weight is 449 g/mol.